The lowest BCUT2D eigenvalue weighted by Gasteiger charge is -2.17. The molecule has 8 heavy (non-hydrogen) atoms. The molecule has 0 bridgehead atoms. The number of quaternary nitrogens is 1. The van der Waals surface area contributed by atoms with E-state index in [1.54, 1.807) is 0 Å². The summed E-state index contributed by atoms with van der Waals surface area (Å²) in [5.74, 6) is -0.354. The van der Waals surface area contributed by atoms with Crippen LogP contribution >= 0.6 is 0 Å². The van der Waals surface area contributed by atoms with Crippen LogP contribution in [-0.2, 0) is 4.84 Å². The van der Waals surface area contributed by atoms with Crippen molar-refractivity contribution >= 4 is 0 Å². The van der Waals surface area contributed by atoms with E-state index in [0.717, 1.165) is 0 Å². The van der Waals surface area contributed by atoms with Gasteiger partial charge in [0.15, 0.2) is 6.26 Å². The van der Waals surface area contributed by atoms with Crippen LogP contribution in [0, 0.1) is 5.21 Å². The van der Waals surface area contributed by atoms with Gasteiger partial charge in [0, 0.05) is 6.08 Å². The first-order valence-electron chi connectivity index (χ1n) is 2.07. The number of allylic oxidation sites excluding steroid dienone is 2. The van der Waals surface area contributed by atoms with E-state index in [9.17, 15) is 5.21 Å². The number of aliphatic hydroxyl groups is 1. The van der Waals surface area contributed by atoms with Crippen molar-refractivity contribution in [2.45, 2.75) is 0 Å². The Balaban J connectivity index is 2.66. The molecule has 1 unspecified atom stereocenters. The minimum absolute atomic E-state index is 0.354. The molecule has 1 rings (SSSR count). The van der Waals surface area contributed by atoms with Crippen LogP contribution < -0.4 is 5.23 Å². The summed E-state index contributed by atoms with van der Waals surface area (Å²) >= 11 is 0. The van der Waals surface area contributed by atoms with Crippen molar-refractivity contribution in [2.24, 2.45) is 0 Å². The third-order valence-corrected chi connectivity index (χ3v) is 0.717. The molecule has 44 valence electrons. The molecule has 1 aliphatic rings. The first kappa shape index (κ1) is 5.14. The maximum atomic E-state index is 10.2. The van der Waals surface area contributed by atoms with Crippen molar-refractivity contribution in [2.75, 3.05) is 0 Å². The van der Waals surface area contributed by atoms with Crippen molar-refractivity contribution in [1.82, 2.24) is 0 Å². The van der Waals surface area contributed by atoms with Crippen molar-refractivity contribution < 1.29 is 15.2 Å². The zero-order valence-corrected chi connectivity index (χ0v) is 4.00. The Labute approximate surface area is 45.8 Å². The molecule has 4 nitrogen and oxygen atoms in total. The number of hydrogen-bond acceptors (Lipinski definition) is 3. The van der Waals surface area contributed by atoms with Crippen molar-refractivity contribution in [3.63, 3.8) is 0 Å². The average molecular weight is 115 g/mol. The lowest BCUT2D eigenvalue weighted by atomic mass is 10.5. The van der Waals surface area contributed by atoms with Gasteiger partial charge >= 0.3 is 5.88 Å². The van der Waals surface area contributed by atoms with Crippen LogP contribution in [0.5, 0.6) is 0 Å². The molecule has 1 atom stereocenters. The van der Waals surface area contributed by atoms with Crippen LogP contribution in [0.2, 0.25) is 0 Å². The van der Waals surface area contributed by atoms with Crippen LogP contribution in [0.15, 0.2) is 24.3 Å². The Bertz CT molecular complexity index is 140. The summed E-state index contributed by atoms with van der Waals surface area (Å²) in [7, 11) is 0. The highest BCUT2D eigenvalue weighted by atomic mass is 16.9. The fourth-order valence-corrected chi connectivity index (χ4v) is 0.360. The van der Waals surface area contributed by atoms with Crippen LogP contribution in [-0.4, -0.2) is 5.11 Å². The third kappa shape index (κ3) is 0.800. The largest absolute Gasteiger partial charge is 0.583 e. The SMILES string of the molecule is [O-][NH+]1OC=CC=C1O. The molecule has 0 saturated carbocycles. The topological polar surface area (TPSA) is 57.0 Å². The predicted octanol–water partition coefficient (Wildman–Crippen LogP) is -0.773. The van der Waals surface area contributed by atoms with Crippen LogP contribution in [0.1, 0.15) is 0 Å². The number of nitrogens with one attached hydrogen (secondary N) is 1. The molecule has 0 fully saturated rings. The highest BCUT2D eigenvalue weighted by Crippen LogP contribution is 1.84. The number of hydrogen-bond donors (Lipinski definition) is 2. The molecule has 0 spiro atoms. The summed E-state index contributed by atoms with van der Waals surface area (Å²) in [5.41, 5.74) is 0. The second-order valence-corrected chi connectivity index (χ2v) is 1.29. The summed E-state index contributed by atoms with van der Waals surface area (Å²) in [5, 5.41) is 18.0. The zero-order valence-electron chi connectivity index (χ0n) is 4.00. The van der Waals surface area contributed by atoms with Gasteiger partial charge in [-0.05, 0) is 6.08 Å². The maximum Gasteiger partial charge on any atom is 0.330 e. The van der Waals surface area contributed by atoms with Crippen molar-refractivity contribution in [1.29, 1.82) is 0 Å². The molecule has 0 saturated heterocycles. The lowest BCUT2D eigenvalue weighted by molar-refractivity contribution is -1.02. The van der Waals surface area contributed by atoms with Crippen molar-refractivity contribution in [3.8, 4) is 0 Å². The van der Waals surface area contributed by atoms with Crippen LogP contribution in [0.3, 0.4) is 0 Å². The van der Waals surface area contributed by atoms with E-state index in [0.29, 0.717) is 0 Å². The smallest absolute Gasteiger partial charge is 0.330 e. The highest BCUT2D eigenvalue weighted by molar-refractivity contribution is 5.00. The van der Waals surface area contributed by atoms with Gasteiger partial charge in [-0.3, -0.25) is 0 Å². The Hall–Kier alpha value is -1.00. The van der Waals surface area contributed by atoms with Gasteiger partial charge in [0.1, 0.15) is 0 Å². The molecule has 4 heteroatoms. The minimum Gasteiger partial charge on any atom is -0.583 e. The van der Waals surface area contributed by atoms with E-state index in [2.05, 4.69) is 4.84 Å². The fraction of sp³-hybridized carbons (Fsp3) is 0. The maximum absolute atomic E-state index is 10.2. The summed E-state index contributed by atoms with van der Waals surface area (Å²) < 4.78 is 0. The molecule has 2 N–H and O–H groups in total. The van der Waals surface area contributed by atoms with Gasteiger partial charge in [-0.15, -0.1) is 5.23 Å². The molecule has 0 amide bonds. The zero-order chi connectivity index (χ0) is 5.98. The van der Waals surface area contributed by atoms with Gasteiger partial charge < -0.3 is 15.2 Å². The Morgan fingerprint density at radius 3 is 2.88 bits per heavy atom. The molecule has 0 radical (unpaired) electrons. The molecule has 0 aliphatic carbocycles. The molecule has 0 aromatic carbocycles. The van der Waals surface area contributed by atoms with E-state index in [1.165, 1.54) is 18.4 Å². The van der Waals surface area contributed by atoms with E-state index in [4.69, 9.17) is 5.11 Å². The second kappa shape index (κ2) is 1.85. The Kier molecular flexibility index (Phi) is 1.19. The van der Waals surface area contributed by atoms with Crippen LogP contribution in [0.4, 0.5) is 0 Å². The highest BCUT2D eigenvalue weighted by Gasteiger charge is 2.04. The molecule has 1 aliphatic heterocycles. The Morgan fingerprint density at radius 2 is 2.50 bits per heavy atom. The number of hydroxylamine groups is 2. The van der Waals surface area contributed by atoms with Gasteiger partial charge in [0.25, 0.3) is 0 Å². The Morgan fingerprint density at radius 1 is 1.75 bits per heavy atom. The molecule has 0 aromatic rings. The fourth-order valence-electron chi connectivity index (χ4n) is 0.360. The summed E-state index contributed by atoms with van der Waals surface area (Å²) in [6.45, 7) is 0. The van der Waals surface area contributed by atoms with E-state index < -0.39 is 5.23 Å². The second-order valence-electron chi connectivity index (χ2n) is 1.29. The van der Waals surface area contributed by atoms with Gasteiger partial charge in [-0.25, -0.2) is 0 Å². The average Bonchev–Trinajstić information content (AvgIpc) is 1.77. The van der Waals surface area contributed by atoms with Crippen molar-refractivity contribution in [3.05, 3.63) is 29.5 Å². The number of aliphatic hydroxyl groups excluding tert-OH is 1. The summed E-state index contributed by atoms with van der Waals surface area (Å²) in [6, 6.07) is 0. The first-order valence-corrected chi connectivity index (χ1v) is 2.07. The minimum atomic E-state index is -0.701. The van der Waals surface area contributed by atoms with E-state index in [1.807, 2.05) is 0 Å². The third-order valence-electron chi connectivity index (χ3n) is 0.717. The molecular formula is C4H5NO3. The lowest BCUT2D eigenvalue weighted by Crippen LogP contribution is -3.04. The van der Waals surface area contributed by atoms with Gasteiger partial charge in [-0.1, -0.05) is 0 Å². The van der Waals surface area contributed by atoms with Gasteiger partial charge in [-0.2, -0.15) is 0 Å². The predicted molar refractivity (Wildman–Crippen MR) is 25.3 cm³/mol. The molecule has 1 heterocycles. The molecule has 0 aromatic heterocycles. The van der Waals surface area contributed by atoms with Gasteiger partial charge in [0.2, 0.25) is 0 Å². The summed E-state index contributed by atoms with van der Waals surface area (Å²) in [4.78, 5) is 4.25. The standard InChI is InChI=1S/C4H5NO3/c6-4-2-1-3-8-5(4)7/h1-3,5-6H. The van der Waals surface area contributed by atoms with E-state index >= 15 is 0 Å². The summed E-state index contributed by atoms with van der Waals surface area (Å²) in [6.07, 6.45) is 3.92. The quantitative estimate of drug-likeness (QED) is 0.407. The van der Waals surface area contributed by atoms with E-state index in [-0.39, 0.29) is 5.88 Å². The van der Waals surface area contributed by atoms with Crippen LogP contribution in [0.25, 0.3) is 0 Å². The monoisotopic (exact) mass is 115 g/mol. The van der Waals surface area contributed by atoms with Gasteiger partial charge in [0.05, 0.1) is 0 Å². The molecular weight excluding hydrogens is 110 g/mol. The number of rotatable bonds is 0. The normalized spacial score (nSPS) is 26.6. The first-order chi connectivity index (χ1) is 3.80.